The van der Waals surface area contributed by atoms with E-state index >= 15 is 0 Å². The Kier molecular flexibility index (Phi) is 5.44. The van der Waals surface area contributed by atoms with Crippen molar-refractivity contribution in [1.82, 2.24) is 15.5 Å². The number of carbonyl (C=O) groups is 1. The number of nitrogens with one attached hydrogen (secondary N) is 2. The summed E-state index contributed by atoms with van der Waals surface area (Å²) in [6, 6.07) is 11.7. The Morgan fingerprint density at radius 2 is 2.00 bits per heavy atom. The maximum absolute atomic E-state index is 13.4. The van der Waals surface area contributed by atoms with E-state index in [4.69, 9.17) is 0 Å². The summed E-state index contributed by atoms with van der Waals surface area (Å²) in [7, 11) is 0. The van der Waals surface area contributed by atoms with Crippen LogP contribution in [0.3, 0.4) is 0 Å². The molecule has 8 rings (SSSR count). The van der Waals surface area contributed by atoms with Crippen molar-refractivity contribution < 1.29 is 23.1 Å². The number of alkyl halides is 3. The van der Waals surface area contributed by atoms with E-state index in [1.54, 1.807) is 12.2 Å². The number of carbonyl (C=O) groups excluding carboxylic acids is 1. The molecular formula is C29H34F3N3O2. The molecular weight excluding hydrogens is 479 g/mol. The Balaban J connectivity index is 0.932. The minimum Gasteiger partial charge on any atom is -0.378 e. The molecule has 2 aliphatic heterocycles. The van der Waals surface area contributed by atoms with Gasteiger partial charge >= 0.3 is 6.18 Å². The summed E-state index contributed by atoms with van der Waals surface area (Å²) in [5, 5.41) is 16.6. The van der Waals surface area contributed by atoms with Gasteiger partial charge in [0.1, 0.15) is 6.23 Å². The van der Waals surface area contributed by atoms with Crippen molar-refractivity contribution in [2.75, 3.05) is 13.1 Å². The van der Waals surface area contributed by atoms with Gasteiger partial charge in [0, 0.05) is 29.7 Å². The lowest BCUT2D eigenvalue weighted by Crippen LogP contribution is -2.44. The van der Waals surface area contributed by atoms with E-state index in [9.17, 15) is 23.1 Å². The molecule has 4 saturated carbocycles. The third kappa shape index (κ3) is 3.90. The molecule has 7 aliphatic rings. The fourth-order valence-electron chi connectivity index (χ4n) is 8.27. The molecule has 10 atom stereocenters. The third-order valence-electron chi connectivity index (χ3n) is 10.3. The number of nitrogens with zero attached hydrogens (tertiary/aromatic N) is 1. The van der Waals surface area contributed by atoms with Crippen LogP contribution in [0.15, 0.2) is 54.3 Å². The van der Waals surface area contributed by atoms with E-state index < -0.39 is 30.1 Å². The van der Waals surface area contributed by atoms with Crippen molar-refractivity contribution in [1.29, 1.82) is 0 Å². The molecule has 2 saturated heterocycles. The first kappa shape index (κ1) is 23.9. The van der Waals surface area contributed by atoms with Gasteiger partial charge in [-0.05, 0) is 73.0 Å². The molecule has 10 unspecified atom stereocenters. The zero-order chi connectivity index (χ0) is 25.5. The Morgan fingerprint density at radius 3 is 2.76 bits per heavy atom. The highest BCUT2D eigenvalue weighted by molar-refractivity contribution is 5.80. The monoisotopic (exact) mass is 513 g/mol. The van der Waals surface area contributed by atoms with Gasteiger partial charge in [-0.3, -0.25) is 15.0 Å². The first-order valence-corrected chi connectivity index (χ1v) is 13.8. The second-order valence-corrected chi connectivity index (χ2v) is 12.1. The summed E-state index contributed by atoms with van der Waals surface area (Å²) >= 11 is 0. The molecule has 0 spiro atoms. The van der Waals surface area contributed by atoms with Crippen LogP contribution in [0.1, 0.15) is 43.6 Å². The van der Waals surface area contributed by atoms with Gasteiger partial charge in [-0.15, -0.1) is 0 Å². The summed E-state index contributed by atoms with van der Waals surface area (Å²) in [5.74, 6) is -0.871. The average Bonchev–Trinajstić information content (AvgIpc) is 3.82. The molecule has 0 radical (unpaired) electrons. The van der Waals surface area contributed by atoms with Gasteiger partial charge in [-0.2, -0.15) is 13.2 Å². The summed E-state index contributed by atoms with van der Waals surface area (Å²) in [6.45, 7) is 0.897. The molecule has 2 heterocycles. The zero-order valence-corrected chi connectivity index (χ0v) is 20.7. The third-order valence-corrected chi connectivity index (χ3v) is 10.3. The summed E-state index contributed by atoms with van der Waals surface area (Å²) < 4.78 is 40.3. The van der Waals surface area contributed by atoms with Crippen molar-refractivity contribution in [3.05, 3.63) is 59.8 Å². The molecule has 1 aromatic rings. The standard InChI is InChI=1S/C29H34F3N3O2/c30-29(31,32)22-13-19(10-9-18-12-21(18)22)34-24(36)14-33-27(37)28-23-15-35(26(28)25(23)28)20-8-4-7-17(11-20)16-5-2-1-3-6-16/h1-3,5-6,9-10,13,17-18,20-23,25-27,33,37H,4,7-8,11-12,14-15H2,(H,34,36). The second-order valence-electron chi connectivity index (χ2n) is 12.1. The lowest BCUT2D eigenvalue weighted by molar-refractivity contribution is -0.166. The molecule has 198 valence electrons. The largest absolute Gasteiger partial charge is 0.395 e. The molecule has 0 aromatic heterocycles. The van der Waals surface area contributed by atoms with Crippen LogP contribution >= 0.6 is 0 Å². The minimum atomic E-state index is -4.31. The molecule has 5 aliphatic carbocycles. The van der Waals surface area contributed by atoms with E-state index in [1.807, 2.05) is 0 Å². The fourth-order valence-corrected chi connectivity index (χ4v) is 8.27. The predicted octanol–water partition coefficient (Wildman–Crippen LogP) is 3.94. The second kappa shape index (κ2) is 8.42. The number of fused-ring (bicyclic) bond motifs is 2. The number of aliphatic hydroxyl groups excluding tert-OH is 1. The van der Waals surface area contributed by atoms with Crippen molar-refractivity contribution >= 4 is 5.91 Å². The highest BCUT2D eigenvalue weighted by Crippen LogP contribution is 2.87. The van der Waals surface area contributed by atoms with Crippen molar-refractivity contribution in [3.8, 4) is 0 Å². The van der Waals surface area contributed by atoms with Gasteiger partial charge in [0.15, 0.2) is 0 Å². The van der Waals surface area contributed by atoms with Crippen LogP contribution in [-0.4, -0.2) is 53.5 Å². The zero-order valence-electron chi connectivity index (χ0n) is 20.7. The van der Waals surface area contributed by atoms with Gasteiger partial charge in [-0.1, -0.05) is 42.8 Å². The maximum atomic E-state index is 13.4. The first-order valence-electron chi connectivity index (χ1n) is 13.8. The Morgan fingerprint density at radius 1 is 1.19 bits per heavy atom. The summed E-state index contributed by atoms with van der Waals surface area (Å²) in [4.78, 5) is 15.2. The number of amides is 1. The number of aliphatic hydroxyl groups is 1. The number of piperidine rings is 1. The van der Waals surface area contributed by atoms with Crippen LogP contribution in [0.5, 0.6) is 0 Å². The molecule has 2 bridgehead atoms. The van der Waals surface area contributed by atoms with Crippen molar-refractivity contribution in [2.24, 2.45) is 35.0 Å². The van der Waals surface area contributed by atoms with E-state index in [1.165, 1.54) is 24.8 Å². The van der Waals surface area contributed by atoms with Crippen LogP contribution in [-0.2, 0) is 4.79 Å². The Labute approximate surface area is 215 Å². The highest BCUT2D eigenvalue weighted by atomic mass is 19.4. The maximum Gasteiger partial charge on any atom is 0.395 e. The summed E-state index contributed by atoms with van der Waals surface area (Å²) in [6.07, 6.45) is 4.76. The molecule has 37 heavy (non-hydrogen) atoms. The molecule has 1 amide bonds. The topological polar surface area (TPSA) is 64.6 Å². The van der Waals surface area contributed by atoms with Crippen molar-refractivity contribution in [3.63, 3.8) is 0 Å². The molecule has 1 aromatic carbocycles. The number of rotatable bonds is 7. The Hall–Kier alpha value is -2.16. The van der Waals surface area contributed by atoms with E-state index in [0.29, 0.717) is 36.3 Å². The van der Waals surface area contributed by atoms with Crippen LogP contribution in [0.2, 0.25) is 0 Å². The lowest BCUT2D eigenvalue weighted by atomic mass is 9.81. The Bertz CT molecular complexity index is 1130. The van der Waals surface area contributed by atoms with E-state index in [0.717, 1.165) is 19.0 Å². The lowest BCUT2D eigenvalue weighted by Gasteiger charge is -2.36. The number of halogens is 3. The number of benzene rings is 1. The number of hydrogen-bond donors (Lipinski definition) is 3. The quantitative estimate of drug-likeness (QED) is 0.484. The van der Waals surface area contributed by atoms with E-state index in [-0.39, 0.29) is 23.6 Å². The van der Waals surface area contributed by atoms with Crippen LogP contribution in [0, 0.1) is 35.0 Å². The number of allylic oxidation sites excluding steroid dienone is 3. The van der Waals surface area contributed by atoms with E-state index in [2.05, 4.69) is 45.9 Å². The minimum absolute atomic E-state index is 0.0662. The SMILES string of the molecule is O=C(CNC(O)C12C3CN(C4CCCC(c5ccccc5)C4)C1C32)NC1=CC(C(F)(F)F)C2CC2C=C1. The smallest absolute Gasteiger partial charge is 0.378 e. The molecule has 3 N–H and O–H groups in total. The predicted molar refractivity (Wildman–Crippen MR) is 132 cm³/mol. The molecule has 6 fully saturated rings. The van der Waals surface area contributed by atoms with Crippen molar-refractivity contribution in [2.45, 2.75) is 62.5 Å². The fraction of sp³-hybridized carbons (Fsp3) is 0.621. The van der Waals surface area contributed by atoms with Gasteiger partial charge in [-0.25, -0.2) is 0 Å². The molecule has 5 nitrogen and oxygen atoms in total. The van der Waals surface area contributed by atoms with Gasteiger partial charge in [0.25, 0.3) is 0 Å². The summed E-state index contributed by atoms with van der Waals surface area (Å²) in [5.41, 5.74) is 1.47. The highest BCUT2D eigenvalue weighted by Gasteiger charge is 2.94. The van der Waals surface area contributed by atoms with Gasteiger partial charge < -0.3 is 10.4 Å². The van der Waals surface area contributed by atoms with Crippen LogP contribution in [0.25, 0.3) is 0 Å². The van der Waals surface area contributed by atoms with Gasteiger partial charge in [0.2, 0.25) is 5.91 Å². The van der Waals surface area contributed by atoms with Gasteiger partial charge in [0.05, 0.1) is 12.5 Å². The van der Waals surface area contributed by atoms with Crippen LogP contribution in [0.4, 0.5) is 13.2 Å². The molecule has 8 heteroatoms. The van der Waals surface area contributed by atoms with Crippen LogP contribution < -0.4 is 10.6 Å². The normalized spacial score (nSPS) is 42.2. The first-order chi connectivity index (χ1) is 17.8. The average molecular weight is 514 g/mol. The number of hydrogen-bond acceptors (Lipinski definition) is 4.